The highest BCUT2D eigenvalue weighted by atomic mass is 16.5. The van der Waals surface area contributed by atoms with Gasteiger partial charge in [0.1, 0.15) is 5.75 Å². The van der Waals surface area contributed by atoms with E-state index >= 15 is 0 Å². The number of hydrogen-bond acceptors (Lipinski definition) is 5. The highest BCUT2D eigenvalue weighted by Gasteiger charge is 2.28. The predicted octanol–water partition coefficient (Wildman–Crippen LogP) is 3.05. The number of nitrogens with one attached hydrogen (secondary N) is 1. The summed E-state index contributed by atoms with van der Waals surface area (Å²) < 4.78 is 6.98. The van der Waals surface area contributed by atoms with E-state index in [4.69, 9.17) is 9.72 Å². The Morgan fingerprint density at radius 2 is 2.12 bits per heavy atom. The molecule has 5 rings (SSSR count). The number of carbonyl (C=O) groups excluding carboxylic acids is 1. The summed E-state index contributed by atoms with van der Waals surface area (Å²) in [4.78, 5) is 34.4. The van der Waals surface area contributed by atoms with Crippen molar-refractivity contribution in [1.29, 1.82) is 0 Å². The molecule has 3 aromatic rings. The molecule has 0 bridgehead atoms. The molecule has 0 radical (unpaired) electrons. The number of methoxy groups -OCH3 is 1. The van der Waals surface area contributed by atoms with Gasteiger partial charge in [-0.3, -0.25) is 19.6 Å². The molecule has 2 aliphatic rings. The molecule has 8 nitrogen and oxygen atoms in total. The third kappa shape index (κ3) is 4.15. The summed E-state index contributed by atoms with van der Waals surface area (Å²) in [6, 6.07) is 10.4. The second-order valence-corrected chi connectivity index (χ2v) is 9.00. The summed E-state index contributed by atoms with van der Waals surface area (Å²) in [5.41, 5.74) is 4.27. The first-order valence-corrected chi connectivity index (χ1v) is 11.9. The topological polar surface area (TPSA) is 82.9 Å². The average Bonchev–Trinajstić information content (AvgIpc) is 3.28. The number of benzene rings is 1. The maximum absolute atomic E-state index is 13.2. The summed E-state index contributed by atoms with van der Waals surface area (Å²) in [6.07, 6.45) is 4.37. The Hall–Kier alpha value is -3.13. The van der Waals surface area contributed by atoms with Crippen LogP contribution in [0.5, 0.6) is 5.75 Å². The van der Waals surface area contributed by atoms with Gasteiger partial charge in [-0.15, -0.1) is 0 Å². The summed E-state index contributed by atoms with van der Waals surface area (Å²) >= 11 is 0. The Bertz CT molecular complexity index is 1230. The number of rotatable bonds is 5. The minimum atomic E-state index is -0.0417. The molecule has 1 unspecified atom stereocenters. The number of piperidine rings is 1. The van der Waals surface area contributed by atoms with Crippen molar-refractivity contribution in [3.63, 3.8) is 0 Å². The van der Waals surface area contributed by atoms with E-state index < -0.39 is 0 Å². The Morgan fingerprint density at radius 1 is 1.24 bits per heavy atom. The van der Waals surface area contributed by atoms with Crippen molar-refractivity contribution in [3.05, 3.63) is 63.2 Å². The van der Waals surface area contributed by atoms with Gasteiger partial charge in [0.05, 0.1) is 31.1 Å². The first-order valence-electron chi connectivity index (χ1n) is 11.9. The normalized spacial score (nSPS) is 19.0. The molecular weight excluding hydrogens is 418 g/mol. The summed E-state index contributed by atoms with van der Waals surface area (Å²) in [7, 11) is 1.69. The van der Waals surface area contributed by atoms with Crippen LogP contribution in [0.4, 0.5) is 0 Å². The van der Waals surface area contributed by atoms with Crippen LogP contribution in [0.2, 0.25) is 0 Å². The molecule has 33 heavy (non-hydrogen) atoms. The van der Waals surface area contributed by atoms with Gasteiger partial charge in [0, 0.05) is 31.1 Å². The van der Waals surface area contributed by atoms with E-state index in [2.05, 4.69) is 22.1 Å². The van der Waals surface area contributed by atoms with Crippen molar-refractivity contribution in [3.8, 4) is 5.75 Å². The Morgan fingerprint density at radius 3 is 2.94 bits per heavy atom. The molecule has 1 N–H and O–H groups in total. The number of H-pyrrole nitrogens is 1. The van der Waals surface area contributed by atoms with E-state index in [0.29, 0.717) is 31.6 Å². The highest BCUT2D eigenvalue weighted by molar-refractivity contribution is 5.76. The van der Waals surface area contributed by atoms with Crippen molar-refractivity contribution in [2.75, 3.05) is 20.2 Å². The first-order chi connectivity index (χ1) is 16.1. The van der Waals surface area contributed by atoms with Gasteiger partial charge in [-0.2, -0.15) is 0 Å². The third-order valence-electron chi connectivity index (χ3n) is 6.93. The lowest BCUT2D eigenvalue weighted by Gasteiger charge is -2.35. The number of hydrogen-bond donors (Lipinski definition) is 1. The molecule has 4 heterocycles. The molecule has 1 atom stereocenters. The zero-order valence-electron chi connectivity index (χ0n) is 19.3. The standard InChI is InChI=1S/C25H31N5O3/c1-3-24(31)29-12-10-19-21(16-29)26-23-14-20(27-30(23)25(19)32)22-9-4-5-11-28(22)15-17-7-6-8-18(13-17)33-2/h6-8,13-14,22,27H,3-5,9-12,15-16H2,1-2H3. The lowest BCUT2D eigenvalue weighted by Crippen LogP contribution is -2.39. The molecule has 1 fully saturated rings. The van der Waals surface area contributed by atoms with E-state index in [0.717, 1.165) is 55.1 Å². The van der Waals surface area contributed by atoms with E-state index in [9.17, 15) is 9.59 Å². The predicted molar refractivity (Wildman–Crippen MR) is 125 cm³/mol. The molecule has 174 valence electrons. The minimum absolute atomic E-state index is 0.0417. The molecule has 1 saturated heterocycles. The second kappa shape index (κ2) is 9.02. The van der Waals surface area contributed by atoms with Crippen molar-refractivity contribution in [2.45, 2.75) is 58.2 Å². The monoisotopic (exact) mass is 449 g/mol. The van der Waals surface area contributed by atoms with Crippen LogP contribution in [0.15, 0.2) is 35.1 Å². The number of amides is 1. The zero-order valence-corrected chi connectivity index (χ0v) is 19.3. The van der Waals surface area contributed by atoms with E-state index in [1.165, 1.54) is 5.56 Å². The van der Waals surface area contributed by atoms with Crippen LogP contribution in [0, 0.1) is 0 Å². The maximum Gasteiger partial charge on any atom is 0.276 e. The van der Waals surface area contributed by atoms with E-state index in [1.54, 1.807) is 16.5 Å². The van der Waals surface area contributed by atoms with Crippen LogP contribution in [0.1, 0.15) is 61.2 Å². The van der Waals surface area contributed by atoms with Gasteiger partial charge in [0.2, 0.25) is 5.91 Å². The lowest BCUT2D eigenvalue weighted by molar-refractivity contribution is -0.131. The number of likely N-dealkylation sites (tertiary alicyclic amines) is 1. The van der Waals surface area contributed by atoms with Crippen LogP contribution >= 0.6 is 0 Å². The van der Waals surface area contributed by atoms with E-state index in [1.807, 2.05) is 25.1 Å². The van der Waals surface area contributed by atoms with Crippen LogP contribution < -0.4 is 10.3 Å². The molecule has 0 spiro atoms. The summed E-state index contributed by atoms with van der Waals surface area (Å²) in [5.74, 6) is 0.969. The van der Waals surface area contributed by atoms with Crippen LogP contribution in [-0.2, 0) is 24.3 Å². The molecule has 0 aliphatic carbocycles. The van der Waals surface area contributed by atoms with Crippen molar-refractivity contribution in [1.82, 2.24) is 24.4 Å². The fraction of sp³-hybridized carbons (Fsp3) is 0.480. The van der Waals surface area contributed by atoms with Crippen LogP contribution in [0.25, 0.3) is 5.65 Å². The van der Waals surface area contributed by atoms with Gasteiger partial charge in [0.15, 0.2) is 5.65 Å². The van der Waals surface area contributed by atoms with Gasteiger partial charge in [0.25, 0.3) is 5.56 Å². The lowest BCUT2D eigenvalue weighted by atomic mass is 9.98. The smallest absolute Gasteiger partial charge is 0.276 e. The van der Waals surface area contributed by atoms with Crippen LogP contribution in [0.3, 0.4) is 0 Å². The van der Waals surface area contributed by atoms with Crippen molar-refractivity contribution < 1.29 is 9.53 Å². The van der Waals surface area contributed by atoms with E-state index in [-0.39, 0.29) is 17.5 Å². The van der Waals surface area contributed by atoms with Gasteiger partial charge >= 0.3 is 0 Å². The Kier molecular flexibility index (Phi) is 5.93. The van der Waals surface area contributed by atoms with Gasteiger partial charge < -0.3 is 9.64 Å². The Labute approximate surface area is 193 Å². The fourth-order valence-corrected chi connectivity index (χ4v) is 5.16. The molecule has 1 amide bonds. The maximum atomic E-state index is 13.2. The zero-order chi connectivity index (χ0) is 22.9. The quantitative estimate of drug-likeness (QED) is 0.647. The largest absolute Gasteiger partial charge is 0.497 e. The number of aromatic nitrogens is 3. The summed E-state index contributed by atoms with van der Waals surface area (Å²) in [6.45, 7) is 4.68. The molecule has 1 aromatic carbocycles. The number of carbonyl (C=O) groups is 1. The SMILES string of the molecule is CCC(=O)N1CCc2c(nc3cc(C4CCCCN4Cc4cccc(OC)c4)[nH]n3c2=O)C1. The number of ether oxygens (including phenoxy) is 1. The number of fused-ring (bicyclic) bond motifs is 2. The van der Waals surface area contributed by atoms with Crippen LogP contribution in [-0.4, -0.2) is 50.5 Å². The Balaban J connectivity index is 1.45. The second-order valence-electron chi connectivity index (χ2n) is 9.00. The van der Waals surface area contributed by atoms with Crippen molar-refractivity contribution in [2.24, 2.45) is 0 Å². The first kappa shape index (κ1) is 21.7. The van der Waals surface area contributed by atoms with Gasteiger partial charge in [-0.25, -0.2) is 9.50 Å². The highest BCUT2D eigenvalue weighted by Crippen LogP contribution is 2.32. The molecule has 8 heteroatoms. The molecular formula is C25H31N5O3. The molecule has 0 saturated carbocycles. The summed E-state index contributed by atoms with van der Waals surface area (Å²) in [5, 5.41) is 3.36. The molecule has 2 aliphatic heterocycles. The molecule has 2 aromatic heterocycles. The van der Waals surface area contributed by atoms with Gasteiger partial charge in [-0.05, 0) is 43.5 Å². The fourth-order valence-electron chi connectivity index (χ4n) is 5.16. The number of aromatic amines is 1. The third-order valence-corrected chi connectivity index (χ3v) is 6.93. The average molecular weight is 450 g/mol. The minimum Gasteiger partial charge on any atom is -0.497 e. The van der Waals surface area contributed by atoms with Crippen molar-refractivity contribution >= 4 is 11.6 Å². The van der Waals surface area contributed by atoms with Gasteiger partial charge in [-0.1, -0.05) is 25.5 Å². The number of nitrogens with zero attached hydrogens (tertiary/aromatic N) is 4.